The van der Waals surface area contributed by atoms with Gasteiger partial charge in [-0.3, -0.25) is 14.9 Å². The van der Waals surface area contributed by atoms with E-state index in [1.165, 1.54) is 29.8 Å². The van der Waals surface area contributed by atoms with Crippen molar-refractivity contribution in [3.8, 4) is 0 Å². The van der Waals surface area contributed by atoms with E-state index in [2.05, 4.69) is 38.2 Å². The van der Waals surface area contributed by atoms with E-state index in [1.54, 1.807) is 0 Å². The van der Waals surface area contributed by atoms with Crippen LogP contribution in [0.3, 0.4) is 0 Å². The third-order valence-electron chi connectivity index (χ3n) is 4.04. The Hall–Kier alpha value is -2.69. The van der Waals surface area contributed by atoms with E-state index in [4.69, 9.17) is 0 Å². The molecule has 24 heavy (non-hydrogen) atoms. The maximum Gasteiger partial charge on any atom is 0.269 e. The molecule has 0 bridgehead atoms. The van der Waals surface area contributed by atoms with Gasteiger partial charge in [0.1, 0.15) is 0 Å². The lowest BCUT2D eigenvalue weighted by Gasteiger charge is -2.23. The summed E-state index contributed by atoms with van der Waals surface area (Å²) < 4.78 is 0. The van der Waals surface area contributed by atoms with Crippen LogP contribution in [0.1, 0.15) is 48.3 Å². The van der Waals surface area contributed by atoms with Gasteiger partial charge in [0, 0.05) is 17.7 Å². The minimum Gasteiger partial charge on any atom is -0.345 e. The molecule has 0 aliphatic carbocycles. The van der Waals surface area contributed by atoms with Gasteiger partial charge in [0.15, 0.2) is 0 Å². The van der Waals surface area contributed by atoms with E-state index in [1.807, 2.05) is 12.1 Å². The number of aryl methyl sites for hydroxylation is 1. The highest BCUT2D eigenvalue weighted by Gasteiger charge is 2.19. The maximum atomic E-state index is 12.5. The fourth-order valence-corrected chi connectivity index (χ4v) is 2.55. The predicted octanol–water partition coefficient (Wildman–Crippen LogP) is 4.28. The molecule has 5 nitrogen and oxygen atoms in total. The van der Waals surface area contributed by atoms with Crippen molar-refractivity contribution in [2.24, 2.45) is 5.92 Å². The van der Waals surface area contributed by atoms with Gasteiger partial charge in [-0.15, -0.1) is 0 Å². The molecule has 2 aromatic rings. The Balaban J connectivity index is 2.17. The molecular formula is C19H22N2O3. The number of nitro groups is 1. The van der Waals surface area contributed by atoms with Crippen molar-refractivity contribution in [3.63, 3.8) is 0 Å². The Labute approximate surface area is 141 Å². The van der Waals surface area contributed by atoms with Crippen LogP contribution in [0.5, 0.6) is 0 Å². The number of carbonyl (C=O) groups is 1. The third-order valence-corrected chi connectivity index (χ3v) is 4.04. The topological polar surface area (TPSA) is 72.2 Å². The Bertz CT molecular complexity index is 706. The van der Waals surface area contributed by atoms with Gasteiger partial charge in [-0.1, -0.05) is 45.0 Å². The number of nitrogens with zero attached hydrogens (tertiary/aromatic N) is 1. The van der Waals surface area contributed by atoms with Crippen LogP contribution in [0, 0.1) is 16.0 Å². The fraction of sp³-hybridized carbons (Fsp3) is 0.316. The molecule has 2 rings (SSSR count). The number of hydrogen-bond acceptors (Lipinski definition) is 3. The van der Waals surface area contributed by atoms with Crippen LogP contribution in [0.4, 0.5) is 5.69 Å². The first-order valence-corrected chi connectivity index (χ1v) is 8.06. The maximum absolute atomic E-state index is 12.5. The molecule has 2 aromatic carbocycles. The van der Waals surface area contributed by atoms with Gasteiger partial charge >= 0.3 is 0 Å². The number of hydrogen-bond donors (Lipinski definition) is 1. The van der Waals surface area contributed by atoms with Gasteiger partial charge in [0.2, 0.25) is 0 Å². The Morgan fingerprint density at radius 1 is 1.08 bits per heavy atom. The molecule has 5 heteroatoms. The quantitative estimate of drug-likeness (QED) is 0.636. The molecule has 1 atom stereocenters. The van der Waals surface area contributed by atoms with Crippen LogP contribution in [0.15, 0.2) is 48.5 Å². The summed E-state index contributed by atoms with van der Waals surface area (Å²) >= 11 is 0. The molecule has 0 aliphatic rings. The number of benzene rings is 2. The van der Waals surface area contributed by atoms with Gasteiger partial charge in [-0.2, -0.15) is 0 Å². The second-order valence-electron chi connectivity index (χ2n) is 6.09. The molecule has 0 spiro atoms. The van der Waals surface area contributed by atoms with E-state index in [9.17, 15) is 14.9 Å². The van der Waals surface area contributed by atoms with Gasteiger partial charge in [-0.25, -0.2) is 0 Å². The summed E-state index contributed by atoms with van der Waals surface area (Å²) in [5.41, 5.74) is 2.69. The van der Waals surface area contributed by atoms with Gasteiger partial charge in [-0.05, 0) is 35.6 Å². The summed E-state index contributed by atoms with van der Waals surface area (Å²) in [7, 11) is 0. The summed E-state index contributed by atoms with van der Waals surface area (Å²) in [6, 6.07) is 13.8. The lowest BCUT2D eigenvalue weighted by Crippen LogP contribution is -2.31. The average Bonchev–Trinajstić information content (AvgIpc) is 2.59. The smallest absolute Gasteiger partial charge is 0.269 e. The number of nitrogens with one attached hydrogen (secondary N) is 1. The van der Waals surface area contributed by atoms with Crippen molar-refractivity contribution >= 4 is 11.6 Å². The zero-order valence-electron chi connectivity index (χ0n) is 14.2. The van der Waals surface area contributed by atoms with Crippen LogP contribution in [0.25, 0.3) is 0 Å². The Kier molecular flexibility index (Phi) is 5.68. The largest absolute Gasteiger partial charge is 0.345 e. The molecule has 1 amide bonds. The summed E-state index contributed by atoms with van der Waals surface area (Å²) in [5.74, 6) is -0.0114. The summed E-state index contributed by atoms with van der Waals surface area (Å²) in [4.78, 5) is 22.7. The van der Waals surface area contributed by atoms with Crippen LogP contribution < -0.4 is 5.32 Å². The van der Waals surface area contributed by atoms with Crippen molar-refractivity contribution < 1.29 is 9.72 Å². The molecule has 0 aliphatic heterocycles. The van der Waals surface area contributed by atoms with Gasteiger partial charge in [0.25, 0.3) is 11.6 Å². The molecule has 0 heterocycles. The summed E-state index contributed by atoms with van der Waals surface area (Å²) in [6.07, 6.45) is 0.974. The Morgan fingerprint density at radius 3 is 2.12 bits per heavy atom. The number of non-ortho nitro benzene ring substituents is 1. The van der Waals surface area contributed by atoms with Crippen LogP contribution in [-0.2, 0) is 6.42 Å². The first kappa shape index (κ1) is 17.7. The summed E-state index contributed by atoms with van der Waals surface area (Å²) in [5, 5.41) is 13.7. The number of nitro benzene ring substituents is 1. The van der Waals surface area contributed by atoms with E-state index in [-0.39, 0.29) is 23.6 Å². The van der Waals surface area contributed by atoms with Crippen molar-refractivity contribution in [2.75, 3.05) is 0 Å². The molecule has 0 radical (unpaired) electrons. The molecule has 0 saturated carbocycles. The predicted molar refractivity (Wildman–Crippen MR) is 94.0 cm³/mol. The standard InChI is InChI=1S/C19H22N2O3/c1-4-14-5-7-15(8-6-14)18(13(2)3)20-19(22)16-9-11-17(12-10-16)21(23)24/h5-13,18H,4H2,1-3H3,(H,20,22). The average molecular weight is 326 g/mol. The first-order chi connectivity index (χ1) is 11.4. The first-order valence-electron chi connectivity index (χ1n) is 8.06. The second-order valence-corrected chi connectivity index (χ2v) is 6.09. The van der Waals surface area contributed by atoms with Crippen molar-refractivity contribution in [1.82, 2.24) is 5.32 Å². The molecule has 0 fully saturated rings. The molecule has 0 aromatic heterocycles. The SMILES string of the molecule is CCc1ccc(C(NC(=O)c2ccc([N+](=O)[O-])cc2)C(C)C)cc1. The lowest BCUT2D eigenvalue weighted by molar-refractivity contribution is -0.384. The Morgan fingerprint density at radius 2 is 1.67 bits per heavy atom. The number of amides is 1. The van der Waals surface area contributed by atoms with Crippen molar-refractivity contribution in [1.29, 1.82) is 0 Å². The van der Waals surface area contributed by atoms with E-state index >= 15 is 0 Å². The molecule has 1 N–H and O–H groups in total. The second kappa shape index (κ2) is 7.73. The number of rotatable bonds is 6. The van der Waals surface area contributed by atoms with Crippen LogP contribution >= 0.6 is 0 Å². The molecule has 0 saturated heterocycles. The molecular weight excluding hydrogens is 304 g/mol. The van der Waals surface area contributed by atoms with Crippen molar-refractivity contribution in [2.45, 2.75) is 33.2 Å². The molecule has 126 valence electrons. The van der Waals surface area contributed by atoms with E-state index in [0.29, 0.717) is 5.56 Å². The van der Waals surface area contributed by atoms with Crippen LogP contribution in [-0.4, -0.2) is 10.8 Å². The minimum atomic E-state index is -0.478. The third kappa shape index (κ3) is 4.19. The van der Waals surface area contributed by atoms with E-state index in [0.717, 1.165) is 12.0 Å². The minimum absolute atomic E-state index is 0.0258. The highest BCUT2D eigenvalue weighted by Crippen LogP contribution is 2.23. The monoisotopic (exact) mass is 326 g/mol. The zero-order chi connectivity index (χ0) is 17.7. The van der Waals surface area contributed by atoms with E-state index < -0.39 is 4.92 Å². The normalized spacial score (nSPS) is 12.0. The van der Waals surface area contributed by atoms with Gasteiger partial charge < -0.3 is 5.32 Å². The number of carbonyl (C=O) groups excluding carboxylic acids is 1. The summed E-state index contributed by atoms with van der Waals surface area (Å²) in [6.45, 7) is 6.20. The fourth-order valence-electron chi connectivity index (χ4n) is 2.55. The molecule has 1 unspecified atom stereocenters. The van der Waals surface area contributed by atoms with Gasteiger partial charge in [0.05, 0.1) is 11.0 Å². The lowest BCUT2D eigenvalue weighted by atomic mass is 9.94. The zero-order valence-corrected chi connectivity index (χ0v) is 14.2. The highest BCUT2D eigenvalue weighted by molar-refractivity contribution is 5.94. The highest BCUT2D eigenvalue weighted by atomic mass is 16.6. The van der Waals surface area contributed by atoms with Crippen LogP contribution in [0.2, 0.25) is 0 Å². The van der Waals surface area contributed by atoms with Crippen molar-refractivity contribution in [3.05, 3.63) is 75.3 Å².